The average Bonchev–Trinajstić information content (AvgIpc) is 3.84. The van der Waals surface area contributed by atoms with E-state index in [4.69, 9.17) is 13.8 Å². The molecule has 54 heavy (non-hydrogen) atoms. The molecule has 0 unspecified atom stereocenters. The summed E-state index contributed by atoms with van der Waals surface area (Å²) in [4.78, 5) is 7.33. The fourth-order valence-electron chi connectivity index (χ4n) is 8.25. The molecule has 0 radical (unpaired) electrons. The number of fused-ring (bicyclic) bond motifs is 9. The zero-order valence-electron chi connectivity index (χ0n) is 29.5. The third kappa shape index (κ3) is 4.74. The van der Waals surface area contributed by atoms with Crippen LogP contribution in [0.4, 0.5) is 17.1 Å². The lowest BCUT2D eigenvalue weighted by Gasteiger charge is -2.29. The maximum absolute atomic E-state index is 6.60. The summed E-state index contributed by atoms with van der Waals surface area (Å²) in [7, 11) is 0. The number of furan rings is 1. The van der Waals surface area contributed by atoms with E-state index in [1.807, 2.05) is 42.5 Å². The van der Waals surface area contributed by atoms with Crippen LogP contribution < -0.4 is 4.90 Å². The molecule has 254 valence electrons. The molecule has 0 N–H and O–H groups in total. The second-order valence-electron chi connectivity index (χ2n) is 14.0. The molecule has 0 bridgehead atoms. The molecule has 11 rings (SSSR count). The van der Waals surface area contributed by atoms with Gasteiger partial charge in [0.05, 0.1) is 5.69 Å². The van der Waals surface area contributed by atoms with Gasteiger partial charge in [-0.2, -0.15) is 0 Å². The summed E-state index contributed by atoms with van der Waals surface area (Å²) in [6, 6.07) is 62.1. The van der Waals surface area contributed by atoms with Crippen LogP contribution >= 0.6 is 0 Å². The first kappa shape index (κ1) is 30.5. The SMILES string of the molecule is Cc1cc(-c2cccc3oc4ccccc4c23)ccc1N(c1ccc2ccc3ccc4nc(-c5ccccc5)oc4c3c2c1)c1cccc2ccccc12. The van der Waals surface area contributed by atoms with E-state index in [1.165, 1.54) is 10.8 Å². The second kappa shape index (κ2) is 11.9. The van der Waals surface area contributed by atoms with Crippen LogP contribution in [0, 0.1) is 6.92 Å². The highest BCUT2D eigenvalue weighted by Gasteiger charge is 2.21. The van der Waals surface area contributed by atoms with E-state index in [-0.39, 0.29) is 0 Å². The highest BCUT2D eigenvalue weighted by atomic mass is 16.3. The molecule has 4 nitrogen and oxygen atoms in total. The van der Waals surface area contributed by atoms with Crippen molar-refractivity contribution in [1.29, 1.82) is 0 Å². The molecule has 0 aliphatic carbocycles. The first-order valence-corrected chi connectivity index (χ1v) is 18.3. The van der Waals surface area contributed by atoms with Gasteiger partial charge >= 0.3 is 0 Å². The van der Waals surface area contributed by atoms with E-state index in [1.54, 1.807) is 0 Å². The Morgan fingerprint density at radius 3 is 2.09 bits per heavy atom. The van der Waals surface area contributed by atoms with Crippen molar-refractivity contribution in [2.75, 3.05) is 4.90 Å². The van der Waals surface area contributed by atoms with Gasteiger partial charge in [-0.25, -0.2) is 4.98 Å². The first-order valence-electron chi connectivity index (χ1n) is 18.3. The van der Waals surface area contributed by atoms with Crippen molar-refractivity contribution in [2.24, 2.45) is 0 Å². The molecule has 0 aliphatic rings. The van der Waals surface area contributed by atoms with Crippen LogP contribution in [0.25, 0.3) is 87.9 Å². The summed E-state index contributed by atoms with van der Waals surface area (Å²) in [5.74, 6) is 0.624. The number of aromatic nitrogens is 1. The van der Waals surface area contributed by atoms with E-state index < -0.39 is 0 Å². The molecule has 2 aromatic heterocycles. The summed E-state index contributed by atoms with van der Waals surface area (Å²) in [5.41, 5.74) is 11.2. The van der Waals surface area contributed by atoms with Gasteiger partial charge in [0.25, 0.3) is 0 Å². The Hall–Kier alpha value is -7.17. The topological polar surface area (TPSA) is 42.4 Å². The largest absolute Gasteiger partial charge is 0.456 e. The monoisotopic (exact) mass is 692 g/mol. The molecule has 0 saturated carbocycles. The third-order valence-electron chi connectivity index (χ3n) is 10.8. The van der Waals surface area contributed by atoms with Gasteiger partial charge in [-0.1, -0.05) is 115 Å². The predicted octanol–water partition coefficient (Wildman–Crippen LogP) is 14.3. The first-order chi connectivity index (χ1) is 26.7. The molecule has 0 spiro atoms. The number of nitrogens with zero attached hydrogens (tertiary/aromatic N) is 2. The van der Waals surface area contributed by atoms with Gasteiger partial charge in [-0.3, -0.25) is 0 Å². The fraction of sp³-hybridized carbons (Fsp3) is 0.0200. The van der Waals surface area contributed by atoms with Gasteiger partial charge in [0.2, 0.25) is 5.89 Å². The van der Waals surface area contributed by atoms with Crippen molar-refractivity contribution >= 4 is 82.4 Å². The number of rotatable bonds is 5. The van der Waals surface area contributed by atoms with Crippen molar-refractivity contribution in [3.8, 4) is 22.6 Å². The van der Waals surface area contributed by atoms with E-state index in [2.05, 4.69) is 145 Å². The van der Waals surface area contributed by atoms with Crippen molar-refractivity contribution < 1.29 is 8.83 Å². The summed E-state index contributed by atoms with van der Waals surface area (Å²) in [6.07, 6.45) is 0. The minimum absolute atomic E-state index is 0.624. The number of hydrogen-bond acceptors (Lipinski definition) is 4. The third-order valence-corrected chi connectivity index (χ3v) is 10.8. The van der Waals surface area contributed by atoms with E-state index in [0.29, 0.717) is 5.89 Å². The minimum atomic E-state index is 0.624. The quantitative estimate of drug-likeness (QED) is 0.168. The van der Waals surface area contributed by atoms with Crippen LogP contribution in [0.15, 0.2) is 185 Å². The number of anilines is 3. The zero-order chi connectivity index (χ0) is 35.8. The van der Waals surface area contributed by atoms with Crippen molar-refractivity contribution in [3.63, 3.8) is 0 Å². The van der Waals surface area contributed by atoms with Gasteiger partial charge in [-0.05, 0) is 106 Å². The Kier molecular flexibility index (Phi) is 6.73. The van der Waals surface area contributed by atoms with Crippen LogP contribution in [0.3, 0.4) is 0 Å². The number of benzene rings is 9. The maximum atomic E-state index is 6.60. The smallest absolute Gasteiger partial charge is 0.227 e. The standard InChI is InChI=1S/C50H32N2O2/c1-31-29-36(39-17-10-20-46-48(39)40-16-7-8-19-45(40)53-46)25-28-43(31)52(44-18-9-14-32-11-5-6-15-38(32)44)37-26-23-33-21-22-34-24-27-42-49(47(34)41(33)30-37)54-50(51-42)35-12-3-2-4-13-35/h2-30H,1H3. The second-order valence-corrected chi connectivity index (χ2v) is 14.0. The summed E-state index contributed by atoms with van der Waals surface area (Å²) in [6.45, 7) is 2.21. The number of para-hydroxylation sites is 1. The molecular formula is C50H32N2O2. The van der Waals surface area contributed by atoms with Crippen LogP contribution in [0.2, 0.25) is 0 Å². The molecular weight excluding hydrogens is 661 g/mol. The number of aryl methyl sites for hydroxylation is 1. The summed E-state index contributed by atoms with van der Waals surface area (Å²) < 4.78 is 12.9. The lowest BCUT2D eigenvalue weighted by atomic mass is 9.96. The summed E-state index contributed by atoms with van der Waals surface area (Å²) in [5, 5.41) is 9.07. The van der Waals surface area contributed by atoms with Crippen molar-refractivity contribution in [2.45, 2.75) is 6.92 Å². The Balaban J connectivity index is 1.13. The van der Waals surface area contributed by atoms with Crippen LogP contribution in [-0.4, -0.2) is 4.98 Å². The lowest BCUT2D eigenvalue weighted by Crippen LogP contribution is -2.12. The normalized spacial score (nSPS) is 11.8. The molecule has 0 aliphatic heterocycles. The maximum Gasteiger partial charge on any atom is 0.227 e. The van der Waals surface area contributed by atoms with E-state index >= 15 is 0 Å². The Bertz CT molecular complexity index is 3240. The minimum Gasteiger partial charge on any atom is -0.456 e. The number of oxazole rings is 1. The molecule has 0 fully saturated rings. The fourth-order valence-corrected chi connectivity index (χ4v) is 8.25. The molecule has 0 amide bonds. The van der Waals surface area contributed by atoms with Gasteiger partial charge in [0, 0.05) is 38.5 Å². The molecule has 2 heterocycles. The van der Waals surface area contributed by atoms with Crippen LogP contribution in [-0.2, 0) is 0 Å². The van der Waals surface area contributed by atoms with Gasteiger partial charge < -0.3 is 13.7 Å². The molecule has 9 aromatic carbocycles. The predicted molar refractivity (Wildman–Crippen MR) is 224 cm³/mol. The van der Waals surface area contributed by atoms with Gasteiger partial charge in [-0.15, -0.1) is 0 Å². The number of hydrogen-bond donors (Lipinski definition) is 0. The van der Waals surface area contributed by atoms with E-state index in [0.717, 1.165) is 93.9 Å². The van der Waals surface area contributed by atoms with Gasteiger partial charge in [0.1, 0.15) is 16.7 Å². The Morgan fingerprint density at radius 1 is 0.463 bits per heavy atom. The average molecular weight is 693 g/mol. The van der Waals surface area contributed by atoms with Crippen LogP contribution in [0.5, 0.6) is 0 Å². The molecule has 0 saturated heterocycles. The van der Waals surface area contributed by atoms with Gasteiger partial charge in [0.15, 0.2) is 5.58 Å². The highest BCUT2D eigenvalue weighted by molar-refractivity contribution is 6.19. The molecule has 11 aromatic rings. The Labute approximate surface area is 311 Å². The Morgan fingerprint density at radius 2 is 1.19 bits per heavy atom. The summed E-state index contributed by atoms with van der Waals surface area (Å²) >= 11 is 0. The van der Waals surface area contributed by atoms with Crippen molar-refractivity contribution in [3.05, 3.63) is 181 Å². The zero-order valence-corrected chi connectivity index (χ0v) is 29.5. The van der Waals surface area contributed by atoms with E-state index in [9.17, 15) is 0 Å². The van der Waals surface area contributed by atoms with Crippen LogP contribution in [0.1, 0.15) is 5.56 Å². The highest BCUT2D eigenvalue weighted by Crippen LogP contribution is 2.45. The lowest BCUT2D eigenvalue weighted by molar-refractivity contribution is 0.623. The molecule has 4 heteroatoms. The van der Waals surface area contributed by atoms with Crippen molar-refractivity contribution in [1.82, 2.24) is 4.98 Å². The molecule has 0 atom stereocenters.